The first-order chi connectivity index (χ1) is 13.0. The van der Waals surface area contributed by atoms with E-state index in [0.29, 0.717) is 16.5 Å². The van der Waals surface area contributed by atoms with Crippen molar-refractivity contribution in [1.82, 2.24) is 5.32 Å². The lowest BCUT2D eigenvalue weighted by molar-refractivity contribution is -0.150. The van der Waals surface area contributed by atoms with Crippen LogP contribution >= 0.6 is 11.6 Å². The zero-order chi connectivity index (χ0) is 19.2. The van der Waals surface area contributed by atoms with Crippen molar-refractivity contribution in [3.05, 3.63) is 64.7 Å². The van der Waals surface area contributed by atoms with Crippen LogP contribution in [0.4, 0.5) is 0 Å². The van der Waals surface area contributed by atoms with Crippen LogP contribution < -0.4 is 14.8 Å². The maximum absolute atomic E-state index is 12.1. The van der Waals surface area contributed by atoms with E-state index >= 15 is 0 Å². The number of carbonyl (C=O) groups is 2. The van der Waals surface area contributed by atoms with Gasteiger partial charge in [-0.25, -0.2) is 4.79 Å². The van der Waals surface area contributed by atoms with Crippen LogP contribution in [0.1, 0.15) is 18.1 Å². The van der Waals surface area contributed by atoms with Crippen LogP contribution in [0.15, 0.2) is 48.5 Å². The van der Waals surface area contributed by atoms with Crippen LogP contribution in [0.5, 0.6) is 11.5 Å². The number of nitrogens with one attached hydrogen (secondary N) is 1. The average Bonchev–Trinajstić information content (AvgIpc) is 3.12. The topological polar surface area (TPSA) is 73.9 Å². The van der Waals surface area contributed by atoms with E-state index in [-0.39, 0.29) is 13.3 Å². The summed E-state index contributed by atoms with van der Waals surface area (Å²) in [7, 11) is 0. The second-order valence-electron chi connectivity index (χ2n) is 5.87. The fourth-order valence-corrected chi connectivity index (χ4v) is 2.62. The molecule has 1 atom stereocenters. The van der Waals surface area contributed by atoms with E-state index in [4.69, 9.17) is 25.8 Å². The Hall–Kier alpha value is -2.99. The van der Waals surface area contributed by atoms with Crippen LogP contribution in [-0.4, -0.2) is 24.8 Å². The molecule has 3 rings (SSSR count). The largest absolute Gasteiger partial charge is 0.454 e. The number of benzene rings is 2. The molecule has 0 fully saturated rings. The van der Waals surface area contributed by atoms with E-state index < -0.39 is 18.0 Å². The smallest absolute Gasteiger partial charge is 0.331 e. The molecular formula is C20H18ClNO5. The highest BCUT2D eigenvalue weighted by atomic mass is 35.5. The molecule has 2 aromatic carbocycles. The minimum absolute atomic E-state index is 0.195. The molecule has 1 unspecified atom stereocenters. The molecular weight excluding hydrogens is 370 g/mol. The van der Waals surface area contributed by atoms with Gasteiger partial charge in [0.1, 0.15) is 0 Å². The molecule has 0 radical (unpaired) electrons. The fraction of sp³-hybridized carbons (Fsp3) is 0.200. The highest BCUT2D eigenvalue weighted by molar-refractivity contribution is 6.30. The zero-order valence-corrected chi connectivity index (χ0v) is 15.4. The SMILES string of the molecule is CC(OC(=O)/C=C/c1cccc(Cl)c1)C(=O)NCc1ccc2c(c1)OCO2. The van der Waals surface area contributed by atoms with Crippen molar-refractivity contribution in [2.75, 3.05) is 6.79 Å². The van der Waals surface area contributed by atoms with Gasteiger partial charge in [-0.3, -0.25) is 4.79 Å². The number of esters is 1. The lowest BCUT2D eigenvalue weighted by Gasteiger charge is -2.12. The molecule has 6 nitrogen and oxygen atoms in total. The first-order valence-electron chi connectivity index (χ1n) is 8.32. The van der Waals surface area contributed by atoms with Crippen molar-refractivity contribution in [2.45, 2.75) is 19.6 Å². The molecule has 140 valence electrons. The van der Waals surface area contributed by atoms with Gasteiger partial charge in [0.25, 0.3) is 5.91 Å². The van der Waals surface area contributed by atoms with E-state index in [1.165, 1.54) is 13.0 Å². The van der Waals surface area contributed by atoms with Crippen LogP contribution in [0.3, 0.4) is 0 Å². The third-order valence-electron chi connectivity index (χ3n) is 3.83. The third kappa shape index (κ3) is 5.24. The number of hydrogen-bond donors (Lipinski definition) is 1. The van der Waals surface area contributed by atoms with Gasteiger partial charge in [-0.15, -0.1) is 0 Å². The van der Waals surface area contributed by atoms with Gasteiger partial charge in [0, 0.05) is 17.6 Å². The molecule has 1 aliphatic rings. The van der Waals surface area contributed by atoms with Crippen molar-refractivity contribution >= 4 is 29.6 Å². The summed E-state index contributed by atoms with van der Waals surface area (Å²) in [5.41, 5.74) is 1.62. The quantitative estimate of drug-likeness (QED) is 0.608. The van der Waals surface area contributed by atoms with Gasteiger partial charge < -0.3 is 19.5 Å². The molecule has 1 heterocycles. The van der Waals surface area contributed by atoms with Gasteiger partial charge in [0.05, 0.1) is 0 Å². The number of amides is 1. The molecule has 7 heteroatoms. The van der Waals surface area contributed by atoms with Crippen molar-refractivity contribution in [3.63, 3.8) is 0 Å². The highest BCUT2D eigenvalue weighted by Gasteiger charge is 2.17. The van der Waals surface area contributed by atoms with E-state index in [1.807, 2.05) is 6.07 Å². The molecule has 0 bridgehead atoms. The van der Waals surface area contributed by atoms with Crippen molar-refractivity contribution < 1.29 is 23.8 Å². The fourth-order valence-electron chi connectivity index (χ4n) is 2.43. The Kier molecular flexibility index (Phi) is 5.98. The molecule has 0 saturated carbocycles. The first-order valence-corrected chi connectivity index (χ1v) is 8.69. The lowest BCUT2D eigenvalue weighted by Crippen LogP contribution is -2.35. The molecule has 2 aromatic rings. The Bertz CT molecular complexity index is 880. The molecule has 1 N–H and O–H groups in total. The Morgan fingerprint density at radius 3 is 2.85 bits per heavy atom. The monoisotopic (exact) mass is 387 g/mol. The van der Waals surface area contributed by atoms with Gasteiger partial charge in [-0.2, -0.15) is 0 Å². The van der Waals surface area contributed by atoms with Gasteiger partial charge in [0.15, 0.2) is 17.6 Å². The number of hydrogen-bond acceptors (Lipinski definition) is 5. The van der Waals surface area contributed by atoms with Crippen LogP contribution in [0.25, 0.3) is 6.08 Å². The summed E-state index contributed by atoms with van der Waals surface area (Å²) in [5.74, 6) is 0.323. The average molecular weight is 388 g/mol. The van der Waals surface area contributed by atoms with Crippen LogP contribution in [0.2, 0.25) is 5.02 Å². The predicted octanol–water partition coefficient (Wildman–Crippen LogP) is 3.33. The summed E-state index contributed by atoms with van der Waals surface area (Å²) < 4.78 is 15.6. The summed E-state index contributed by atoms with van der Waals surface area (Å²) in [6, 6.07) is 12.5. The minimum atomic E-state index is -0.921. The standard InChI is InChI=1S/C20H18ClNO5/c1-13(27-19(23)8-6-14-3-2-4-16(21)9-14)20(24)22-11-15-5-7-17-18(10-15)26-12-25-17/h2-10,13H,11-12H2,1H3,(H,22,24)/b8-6+. The van der Waals surface area contributed by atoms with Crippen molar-refractivity contribution in [2.24, 2.45) is 0 Å². The van der Waals surface area contributed by atoms with Gasteiger partial charge in [-0.1, -0.05) is 29.8 Å². The molecule has 0 saturated heterocycles. The molecule has 27 heavy (non-hydrogen) atoms. The predicted molar refractivity (Wildman–Crippen MR) is 100 cm³/mol. The maximum atomic E-state index is 12.1. The van der Waals surface area contributed by atoms with Gasteiger partial charge >= 0.3 is 5.97 Å². The van der Waals surface area contributed by atoms with E-state index in [0.717, 1.165) is 11.1 Å². The molecule has 0 spiro atoms. The number of halogens is 1. The molecule has 0 aromatic heterocycles. The molecule has 1 aliphatic heterocycles. The van der Waals surface area contributed by atoms with E-state index in [2.05, 4.69) is 5.32 Å². The third-order valence-corrected chi connectivity index (χ3v) is 4.06. The number of carbonyl (C=O) groups excluding carboxylic acids is 2. The Morgan fingerprint density at radius 2 is 2.04 bits per heavy atom. The van der Waals surface area contributed by atoms with Gasteiger partial charge in [-0.05, 0) is 48.4 Å². The summed E-state index contributed by atoms with van der Waals surface area (Å²) in [5, 5.41) is 3.29. The molecule has 1 amide bonds. The summed E-state index contributed by atoms with van der Waals surface area (Å²) in [6.07, 6.45) is 1.91. The summed E-state index contributed by atoms with van der Waals surface area (Å²) >= 11 is 5.88. The second kappa shape index (κ2) is 8.60. The number of fused-ring (bicyclic) bond motifs is 1. The highest BCUT2D eigenvalue weighted by Crippen LogP contribution is 2.32. The second-order valence-corrected chi connectivity index (χ2v) is 6.31. The van der Waals surface area contributed by atoms with Crippen molar-refractivity contribution in [3.8, 4) is 11.5 Å². The minimum Gasteiger partial charge on any atom is -0.454 e. The maximum Gasteiger partial charge on any atom is 0.331 e. The lowest BCUT2D eigenvalue weighted by atomic mass is 10.2. The normalized spacial score (nSPS) is 13.4. The number of ether oxygens (including phenoxy) is 3. The van der Waals surface area contributed by atoms with Crippen LogP contribution in [0, 0.1) is 0 Å². The van der Waals surface area contributed by atoms with E-state index in [9.17, 15) is 9.59 Å². The summed E-state index contributed by atoms with van der Waals surface area (Å²) in [4.78, 5) is 24.0. The Labute approximate surface area is 161 Å². The molecule has 0 aliphatic carbocycles. The van der Waals surface area contributed by atoms with Crippen LogP contribution in [-0.2, 0) is 20.9 Å². The summed E-state index contributed by atoms with van der Waals surface area (Å²) in [6.45, 7) is 2.00. The first kappa shape index (κ1) is 18.8. The Morgan fingerprint density at radius 1 is 1.22 bits per heavy atom. The zero-order valence-electron chi connectivity index (χ0n) is 14.6. The number of rotatable bonds is 6. The van der Waals surface area contributed by atoms with Gasteiger partial charge in [0.2, 0.25) is 6.79 Å². The Balaban J connectivity index is 1.47. The van der Waals surface area contributed by atoms with Crippen molar-refractivity contribution in [1.29, 1.82) is 0 Å². The van der Waals surface area contributed by atoms with E-state index in [1.54, 1.807) is 42.5 Å².